The summed E-state index contributed by atoms with van der Waals surface area (Å²) in [6, 6.07) is 4.00. The highest BCUT2D eigenvalue weighted by molar-refractivity contribution is 9.10. The van der Waals surface area contributed by atoms with E-state index in [4.69, 9.17) is 10.2 Å². The summed E-state index contributed by atoms with van der Waals surface area (Å²) in [7, 11) is -3.83. The first-order chi connectivity index (χ1) is 9.74. The second-order valence-electron chi connectivity index (χ2n) is 4.52. The van der Waals surface area contributed by atoms with Gasteiger partial charge in [-0.2, -0.15) is 0 Å². The van der Waals surface area contributed by atoms with Crippen LogP contribution in [0.15, 0.2) is 32.0 Å². The largest absolute Gasteiger partial charge is 0.464 e. The molecule has 5 nitrogen and oxygen atoms in total. The number of furan rings is 1. The quantitative estimate of drug-likeness (QED) is 0.858. The zero-order chi connectivity index (χ0) is 15.8. The minimum Gasteiger partial charge on any atom is -0.464 e. The normalized spacial score (nSPS) is 11.7. The summed E-state index contributed by atoms with van der Waals surface area (Å²) in [6.07, 6.45) is 0. The van der Waals surface area contributed by atoms with Crippen LogP contribution in [-0.2, 0) is 16.6 Å². The number of anilines is 1. The number of nitrogens with two attached hydrogens (primary N) is 1. The molecule has 0 saturated heterocycles. The van der Waals surface area contributed by atoms with E-state index in [-0.39, 0.29) is 27.4 Å². The molecular formula is C13H14BrFN2O3S. The maximum Gasteiger partial charge on any atom is 0.265 e. The van der Waals surface area contributed by atoms with E-state index in [1.165, 1.54) is 18.2 Å². The topological polar surface area (TPSA) is 85.3 Å². The number of hydrogen-bond acceptors (Lipinski definition) is 4. The van der Waals surface area contributed by atoms with Crippen molar-refractivity contribution >= 4 is 31.6 Å². The Morgan fingerprint density at radius 3 is 2.57 bits per heavy atom. The Morgan fingerprint density at radius 1 is 1.33 bits per heavy atom. The molecular weight excluding hydrogens is 363 g/mol. The third kappa shape index (κ3) is 3.28. The van der Waals surface area contributed by atoms with Crippen LogP contribution in [0.25, 0.3) is 0 Å². The van der Waals surface area contributed by atoms with Crippen LogP contribution in [0.4, 0.5) is 10.1 Å². The molecule has 2 rings (SSSR count). The zero-order valence-electron chi connectivity index (χ0n) is 11.4. The monoisotopic (exact) mass is 376 g/mol. The lowest BCUT2D eigenvalue weighted by atomic mass is 10.2. The second-order valence-corrected chi connectivity index (χ2v) is 7.03. The van der Waals surface area contributed by atoms with Crippen molar-refractivity contribution in [2.45, 2.75) is 25.3 Å². The molecule has 0 fully saturated rings. The van der Waals surface area contributed by atoms with Crippen LogP contribution in [0.5, 0.6) is 0 Å². The van der Waals surface area contributed by atoms with Gasteiger partial charge in [-0.05, 0) is 47.5 Å². The predicted molar refractivity (Wildman–Crippen MR) is 81.0 cm³/mol. The summed E-state index contributed by atoms with van der Waals surface area (Å²) in [5, 5.41) is 0. The first kappa shape index (κ1) is 16.0. The van der Waals surface area contributed by atoms with Crippen LogP contribution < -0.4 is 10.5 Å². The van der Waals surface area contributed by atoms with E-state index in [1.807, 2.05) is 0 Å². The Morgan fingerprint density at radius 2 is 2.00 bits per heavy atom. The van der Waals surface area contributed by atoms with E-state index in [1.54, 1.807) is 13.8 Å². The van der Waals surface area contributed by atoms with Gasteiger partial charge in [0.15, 0.2) is 0 Å². The maximum absolute atomic E-state index is 13.4. The Kier molecular flexibility index (Phi) is 4.40. The predicted octanol–water partition coefficient (Wildman–Crippen LogP) is 3.06. The summed E-state index contributed by atoms with van der Waals surface area (Å²) in [5.41, 5.74) is 6.19. The molecule has 1 heterocycles. The molecule has 0 bridgehead atoms. The van der Waals surface area contributed by atoms with Crippen LogP contribution in [0.2, 0.25) is 0 Å². The fourth-order valence-corrected chi connectivity index (χ4v) is 3.52. The average molecular weight is 377 g/mol. The second kappa shape index (κ2) is 5.78. The van der Waals surface area contributed by atoms with Gasteiger partial charge in [0.1, 0.15) is 22.2 Å². The van der Waals surface area contributed by atoms with Crippen LogP contribution in [0.1, 0.15) is 17.1 Å². The number of rotatable bonds is 4. The highest BCUT2D eigenvalue weighted by atomic mass is 79.9. The Hall–Kier alpha value is -1.38. The minimum absolute atomic E-state index is 0.0165. The van der Waals surface area contributed by atoms with Gasteiger partial charge in [0.2, 0.25) is 0 Å². The molecule has 0 unspecified atom stereocenters. The van der Waals surface area contributed by atoms with Gasteiger partial charge < -0.3 is 10.2 Å². The van der Waals surface area contributed by atoms with Crippen LogP contribution >= 0.6 is 15.9 Å². The molecule has 21 heavy (non-hydrogen) atoms. The highest BCUT2D eigenvalue weighted by Gasteiger charge is 2.22. The van der Waals surface area contributed by atoms with Crippen molar-refractivity contribution in [3.8, 4) is 0 Å². The first-order valence-electron chi connectivity index (χ1n) is 6.02. The molecule has 2 aromatic rings. The fraction of sp³-hybridized carbons (Fsp3) is 0.231. The van der Waals surface area contributed by atoms with Gasteiger partial charge in [0.25, 0.3) is 10.0 Å². The van der Waals surface area contributed by atoms with Gasteiger partial charge in [-0.3, -0.25) is 4.72 Å². The number of benzene rings is 1. The van der Waals surface area contributed by atoms with Gasteiger partial charge >= 0.3 is 0 Å². The molecule has 0 spiro atoms. The molecule has 3 N–H and O–H groups in total. The van der Waals surface area contributed by atoms with E-state index in [2.05, 4.69) is 20.7 Å². The molecule has 0 aliphatic rings. The van der Waals surface area contributed by atoms with Crippen molar-refractivity contribution in [3.05, 3.63) is 45.6 Å². The van der Waals surface area contributed by atoms with Gasteiger partial charge in [-0.25, -0.2) is 12.8 Å². The Balaban J connectivity index is 2.42. The lowest BCUT2D eigenvalue weighted by Crippen LogP contribution is -2.14. The molecule has 1 aromatic heterocycles. The van der Waals surface area contributed by atoms with Crippen LogP contribution in [-0.4, -0.2) is 8.42 Å². The molecule has 114 valence electrons. The molecule has 1 aromatic carbocycles. The lowest BCUT2D eigenvalue weighted by Gasteiger charge is -2.10. The van der Waals surface area contributed by atoms with E-state index in [0.29, 0.717) is 11.3 Å². The van der Waals surface area contributed by atoms with E-state index in [0.717, 1.165) is 0 Å². The lowest BCUT2D eigenvalue weighted by molar-refractivity contribution is 0.479. The van der Waals surface area contributed by atoms with Crippen molar-refractivity contribution in [2.75, 3.05) is 4.72 Å². The SMILES string of the molecule is Cc1cc(F)c(Br)cc1NS(=O)(=O)c1cc(CN)oc1C. The molecule has 8 heteroatoms. The summed E-state index contributed by atoms with van der Waals surface area (Å²) in [5.74, 6) is 0.173. The third-order valence-electron chi connectivity index (χ3n) is 2.93. The summed E-state index contributed by atoms with van der Waals surface area (Å²) >= 11 is 3.03. The number of halogens is 2. The molecule has 0 atom stereocenters. The molecule has 0 amide bonds. The number of sulfonamides is 1. The van der Waals surface area contributed by atoms with Gasteiger partial charge in [0, 0.05) is 6.07 Å². The highest BCUT2D eigenvalue weighted by Crippen LogP contribution is 2.28. The summed E-state index contributed by atoms with van der Waals surface area (Å²) in [6.45, 7) is 3.26. The van der Waals surface area contributed by atoms with Crippen LogP contribution in [0, 0.1) is 19.7 Å². The average Bonchev–Trinajstić information content (AvgIpc) is 2.78. The zero-order valence-corrected chi connectivity index (χ0v) is 13.8. The van der Waals surface area contributed by atoms with Crippen molar-refractivity contribution in [3.63, 3.8) is 0 Å². The number of hydrogen-bond donors (Lipinski definition) is 2. The van der Waals surface area contributed by atoms with E-state index in [9.17, 15) is 12.8 Å². The standard InChI is InChI=1S/C13H14BrFN2O3S/c1-7-3-11(15)10(14)5-12(7)17-21(18,19)13-4-9(6-16)20-8(13)2/h3-5,17H,6,16H2,1-2H3. The van der Waals surface area contributed by atoms with Gasteiger partial charge in [0.05, 0.1) is 16.7 Å². The fourth-order valence-electron chi connectivity index (χ4n) is 1.85. The smallest absolute Gasteiger partial charge is 0.265 e. The third-order valence-corrected chi connectivity index (χ3v) is 5.01. The van der Waals surface area contributed by atoms with Gasteiger partial charge in [-0.15, -0.1) is 0 Å². The number of aryl methyl sites for hydroxylation is 2. The summed E-state index contributed by atoms with van der Waals surface area (Å²) < 4.78 is 46.0. The van der Waals surface area contributed by atoms with E-state index >= 15 is 0 Å². The Bertz CT molecular complexity index is 787. The first-order valence-corrected chi connectivity index (χ1v) is 8.30. The van der Waals surface area contributed by atoms with Crippen LogP contribution in [0.3, 0.4) is 0 Å². The van der Waals surface area contributed by atoms with Gasteiger partial charge in [-0.1, -0.05) is 0 Å². The van der Waals surface area contributed by atoms with Crippen molar-refractivity contribution in [1.29, 1.82) is 0 Å². The van der Waals surface area contributed by atoms with Crippen molar-refractivity contribution < 1.29 is 17.2 Å². The summed E-state index contributed by atoms with van der Waals surface area (Å²) in [4.78, 5) is 0.0165. The molecule has 0 radical (unpaired) electrons. The maximum atomic E-state index is 13.4. The van der Waals surface area contributed by atoms with E-state index < -0.39 is 15.8 Å². The number of nitrogens with one attached hydrogen (secondary N) is 1. The molecule has 0 aliphatic heterocycles. The molecule has 0 aliphatic carbocycles. The van der Waals surface area contributed by atoms with Crippen molar-refractivity contribution in [1.82, 2.24) is 0 Å². The van der Waals surface area contributed by atoms with Crippen molar-refractivity contribution in [2.24, 2.45) is 5.73 Å². The minimum atomic E-state index is -3.83. The Labute approximate surface area is 130 Å². The molecule has 0 saturated carbocycles.